The van der Waals surface area contributed by atoms with Crippen molar-refractivity contribution in [1.82, 2.24) is 9.88 Å². The van der Waals surface area contributed by atoms with Gasteiger partial charge in [-0.25, -0.2) is 9.78 Å². The lowest BCUT2D eigenvalue weighted by Gasteiger charge is -2.13. The van der Waals surface area contributed by atoms with Gasteiger partial charge in [0, 0.05) is 5.38 Å². The van der Waals surface area contributed by atoms with Gasteiger partial charge >= 0.3 is 5.97 Å². The maximum Gasteiger partial charge on any atom is 0.365 e. The zero-order chi connectivity index (χ0) is 13.6. The van der Waals surface area contributed by atoms with Crippen molar-refractivity contribution < 1.29 is 19.5 Å². The number of carbonyl (C=O) groups excluding carboxylic acids is 2. The van der Waals surface area contributed by atoms with Crippen LogP contribution in [0.2, 0.25) is 0 Å². The third-order valence-electron chi connectivity index (χ3n) is 3.74. The Bertz CT molecular complexity index is 546. The number of fused-ring (bicyclic) bond motifs is 1. The van der Waals surface area contributed by atoms with E-state index in [9.17, 15) is 14.4 Å². The number of aromatic carboxylic acids is 1. The van der Waals surface area contributed by atoms with Crippen molar-refractivity contribution in [2.24, 2.45) is 11.8 Å². The Morgan fingerprint density at radius 1 is 1.37 bits per heavy atom. The number of amides is 2. The van der Waals surface area contributed by atoms with Gasteiger partial charge in [0.15, 0.2) is 0 Å². The fraction of sp³-hybridized carbons (Fsp3) is 0.500. The second kappa shape index (κ2) is 4.41. The van der Waals surface area contributed by atoms with Crippen LogP contribution in [0.5, 0.6) is 0 Å². The number of hydrogen-bond acceptors (Lipinski definition) is 5. The molecule has 0 spiro atoms. The van der Waals surface area contributed by atoms with Crippen molar-refractivity contribution in [1.29, 1.82) is 0 Å². The SMILES string of the molecule is O=C(O)c1nc(CN2C(=O)C3CCCC3C2=O)cs1. The van der Waals surface area contributed by atoms with Crippen LogP contribution in [0.4, 0.5) is 0 Å². The Labute approximate surface area is 113 Å². The lowest BCUT2D eigenvalue weighted by atomic mass is 10.00. The molecule has 2 fully saturated rings. The summed E-state index contributed by atoms with van der Waals surface area (Å²) in [6, 6.07) is 0. The largest absolute Gasteiger partial charge is 0.476 e. The molecule has 1 aromatic rings. The van der Waals surface area contributed by atoms with E-state index in [1.165, 1.54) is 4.90 Å². The third kappa shape index (κ3) is 1.94. The normalized spacial score (nSPS) is 26.0. The van der Waals surface area contributed by atoms with Crippen LogP contribution in [0.1, 0.15) is 34.8 Å². The zero-order valence-corrected chi connectivity index (χ0v) is 10.9. The average Bonchev–Trinajstić information content (AvgIpc) is 3.06. The molecule has 1 aliphatic heterocycles. The van der Waals surface area contributed by atoms with Gasteiger partial charge in [-0.1, -0.05) is 6.42 Å². The smallest absolute Gasteiger partial charge is 0.365 e. The first-order valence-corrected chi connectivity index (χ1v) is 6.99. The molecule has 2 amide bonds. The van der Waals surface area contributed by atoms with Crippen molar-refractivity contribution in [3.8, 4) is 0 Å². The summed E-state index contributed by atoms with van der Waals surface area (Å²) in [5.74, 6) is -1.67. The van der Waals surface area contributed by atoms with Crippen molar-refractivity contribution in [3.05, 3.63) is 16.1 Å². The molecule has 1 aliphatic carbocycles. The van der Waals surface area contributed by atoms with Crippen LogP contribution in [-0.2, 0) is 16.1 Å². The summed E-state index contributed by atoms with van der Waals surface area (Å²) in [5, 5.41) is 10.4. The lowest BCUT2D eigenvalue weighted by molar-refractivity contribution is -0.141. The van der Waals surface area contributed by atoms with Gasteiger partial charge in [0.05, 0.1) is 24.1 Å². The summed E-state index contributed by atoms with van der Waals surface area (Å²) < 4.78 is 0. The highest BCUT2D eigenvalue weighted by molar-refractivity contribution is 7.11. The Morgan fingerprint density at radius 2 is 2.00 bits per heavy atom. The van der Waals surface area contributed by atoms with Crippen LogP contribution < -0.4 is 0 Å². The molecule has 100 valence electrons. The van der Waals surface area contributed by atoms with E-state index < -0.39 is 5.97 Å². The Hall–Kier alpha value is -1.76. The number of aromatic nitrogens is 1. The van der Waals surface area contributed by atoms with E-state index in [1.54, 1.807) is 5.38 Å². The Kier molecular flexibility index (Phi) is 2.85. The fourth-order valence-corrected chi connectivity index (χ4v) is 3.50. The summed E-state index contributed by atoms with van der Waals surface area (Å²) in [6.07, 6.45) is 2.49. The van der Waals surface area contributed by atoms with Crippen LogP contribution in [0.25, 0.3) is 0 Å². The highest BCUT2D eigenvalue weighted by Gasteiger charge is 2.49. The highest BCUT2D eigenvalue weighted by atomic mass is 32.1. The molecule has 1 aromatic heterocycles. The first-order chi connectivity index (χ1) is 9.08. The number of nitrogens with zero attached hydrogens (tertiary/aromatic N) is 2. The van der Waals surface area contributed by atoms with Gasteiger partial charge in [-0.15, -0.1) is 11.3 Å². The first kappa shape index (κ1) is 12.3. The second-order valence-electron chi connectivity index (χ2n) is 4.86. The van der Waals surface area contributed by atoms with E-state index in [2.05, 4.69) is 4.98 Å². The van der Waals surface area contributed by atoms with Gasteiger partial charge in [0.1, 0.15) is 0 Å². The van der Waals surface area contributed by atoms with Crippen LogP contribution in [-0.4, -0.2) is 32.8 Å². The predicted molar refractivity (Wildman–Crippen MR) is 65.5 cm³/mol. The van der Waals surface area contributed by atoms with Crippen LogP contribution in [0.3, 0.4) is 0 Å². The minimum Gasteiger partial charge on any atom is -0.476 e. The number of carboxylic acid groups (broad SMARTS) is 1. The molecule has 2 atom stereocenters. The number of carboxylic acids is 1. The number of rotatable bonds is 3. The molecule has 1 saturated heterocycles. The molecule has 2 aliphatic rings. The molecule has 0 bridgehead atoms. The molecule has 3 rings (SSSR count). The van der Waals surface area contributed by atoms with Crippen molar-refractivity contribution >= 4 is 29.1 Å². The molecule has 6 nitrogen and oxygen atoms in total. The fourth-order valence-electron chi connectivity index (χ4n) is 2.86. The van der Waals surface area contributed by atoms with E-state index in [0.717, 1.165) is 30.6 Å². The minimum atomic E-state index is -1.09. The van der Waals surface area contributed by atoms with E-state index in [0.29, 0.717) is 5.69 Å². The Morgan fingerprint density at radius 3 is 2.53 bits per heavy atom. The molecule has 0 aromatic carbocycles. The zero-order valence-electron chi connectivity index (χ0n) is 10.0. The number of thiazole rings is 1. The summed E-state index contributed by atoms with van der Waals surface area (Å²) in [6.45, 7) is 0.0917. The minimum absolute atomic E-state index is 0.0192. The molecule has 19 heavy (non-hydrogen) atoms. The topological polar surface area (TPSA) is 87.6 Å². The lowest BCUT2D eigenvalue weighted by Crippen LogP contribution is -2.31. The van der Waals surface area contributed by atoms with E-state index in [1.807, 2.05) is 0 Å². The molecule has 1 saturated carbocycles. The van der Waals surface area contributed by atoms with Gasteiger partial charge in [-0.2, -0.15) is 0 Å². The quantitative estimate of drug-likeness (QED) is 0.838. The number of likely N-dealkylation sites (tertiary alicyclic amines) is 1. The van der Waals surface area contributed by atoms with Crippen LogP contribution in [0.15, 0.2) is 5.38 Å². The van der Waals surface area contributed by atoms with Crippen LogP contribution in [0, 0.1) is 11.8 Å². The number of carbonyl (C=O) groups is 3. The van der Waals surface area contributed by atoms with Crippen molar-refractivity contribution in [2.75, 3.05) is 0 Å². The van der Waals surface area contributed by atoms with Crippen molar-refractivity contribution in [3.63, 3.8) is 0 Å². The van der Waals surface area contributed by atoms with Crippen molar-refractivity contribution in [2.45, 2.75) is 25.8 Å². The Balaban J connectivity index is 1.78. The summed E-state index contributed by atoms with van der Waals surface area (Å²) >= 11 is 1.00. The van der Waals surface area contributed by atoms with Crippen LogP contribution >= 0.6 is 11.3 Å². The standard InChI is InChI=1S/C12H12N2O4S/c15-10-7-2-1-3-8(7)11(16)14(10)4-6-5-19-9(13-6)12(17)18/h5,7-8H,1-4H2,(H,17,18). The van der Waals surface area contributed by atoms with Gasteiger partial charge in [-0.3, -0.25) is 14.5 Å². The van der Waals surface area contributed by atoms with E-state index in [4.69, 9.17) is 5.11 Å². The predicted octanol–water partition coefficient (Wildman–Crippen LogP) is 1.13. The average molecular weight is 280 g/mol. The molecular weight excluding hydrogens is 268 g/mol. The summed E-state index contributed by atoms with van der Waals surface area (Å²) in [4.78, 5) is 40.1. The molecule has 7 heteroatoms. The third-order valence-corrected chi connectivity index (χ3v) is 4.62. The van der Waals surface area contributed by atoms with Gasteiger partial charge in [0.2, 0.25) is 16.8 Å². The molecule has 2 heterocycles. The number of hydrogen-bond donors (Lipinski definition) is 1. The maximum absolute atomic E-state index is 12.1. The first-order valence-electron chi connectivity index (χ1n) is 6.11. The molecule has 1 N–H and O–H groups in total. The molecule has 2 unspecified atom stereocenters. The van der Waals surface area contributed by atoms with Gasteiger partial charge in [-0.05, 0) is 12.8 Å². The van der Waals surface area contributed by atoms with Gasteiger partial charge < -0.3 is 5.11 Å². The summed E-state index contributed by atoms with van der Waals surface area (Å²) in [5.41, 5.74) is 0.462. The summed E-state index contributed by atoms with van der Waals surface area (Å²) in [7, 11) is 0. The second-order valence-corrected chi connectivity index (χ2v) is 5.71. The van der Waals surface area contributed by atoms with E-state index in [-0.39, 0.29) is 35.2 Å². The monoisotopic (exact) mass is 280 g/mol. The number of imide groups is 1. The van der Waals surface area contributed by atoms with Gasteiger partial charge in [0.25, 0.3) is 0 Å². The highest BCUT2D eigenvalue weighted by Crippen LogP contribution is 2.40. The van der Waals surface area contributed by atoms with E-state index >= 15 is 0 Å². The maximum atomic E-state index is 12.1. The molecular formula is C12H12N2O4S. The molecule has 0 radical (unpaired) electrons.